The maximum Gasteiger partial charge on any atom is 0.232 e. The molecular formula is C22H31N7S. The lowest BCUT2D eigenvalue weighted by atomic mass is 10.0. The average molecular weight is 426 g/mol. The Kier molecular flexibility index (Phi) is 6.94. The smallest absolute Gasteiger partial charge is 0.232 e. The van der Waals surface area contributed by atoms with Gasteiger partial charge < -0.3 is 20.4 Å². The normalized spacial score (nSPS) is 19.4. The number of aromatic nitrogens is 3. The van der Waals surface area contributed by atoms with Gasteiger partial charge >= 0.3 is 0 Å². The van der Waals surface area contributed by atoms with Gasteiger partial charge in [-0.2, -0.15) is 9.97 Å². The Morgan fingerprint density at radius 3 is 2.60 bits per heavy atom. The van der Waals surface area contributed by atoms with E-state index in [1.165, 1.54) is 32.1 Å². The molecule has 0 aromatic carbocycles. The minimum absolute atomic E-state index is 0.521. The van der Waals surface area contributed by atoms with Crippen LogP contribution in [0.5, 0.6) is 0 Å². The van der Waals surface area contributed by atoms with Crippen molar-refractivity contribution in [2.24, 2.45) is 5.92 Å². The minimum atomic E-state index is 0.521. The fourth-order valence-electron chi connectivity index (χ4n) is 4.15. The van der Waals surface area contributed by atoms with E-state index >= 15 is 0 Å². The Hall–Kier alpha value is -2.48. The summed E-state index contributed by atoms with van der Waals surface area (Å²) in [5, 5.41) is 6.95. The first kappa shape index (κ1) is 20.8. The van der Waals surface area contributed by atoms with Gasteiger partial charge in [0, 0.05) is 51.2 Å². The number of pyridine rings is 1. The van der Waals surface area contributed by atoms with Crippen LogP contribution in [-0.4, -0.2) is 46.2 Å². The van der Waals surface area contributed by atoms with Gasteiger partial charge in [-0.25, -0.2) is 0 Å². The van der Waals surface area contributed by atoms with Crippen molar-refractivity contribution in [3.8, 4) is 0 Å². The Balaban J connectivity index is 1.50. The third-order valence-corrected chi connectivity index (χ3v) is 6.01. The molecule has 1 atom stereocenters. The van der Waals surface area contributed by atoms with E-state index < -0.39 is 0 Å². The summed E-state index contributed by atoms with van der Waals surface area (Å²) in [6, 6.07) is 6.09. The highest BCUT2D eigenvalue weighted by molar-refractivity contribution is 7.80. The highest BCUT2D eigenvalue weighted by Crippen LogP contribution is 2.27. The van der Waals surface area contributed by atoms with Crippen LogP contribution in [0.25, 0.3) is 0 Å². The number of nitrogens with zero attached hydrogens (tertiary/aromatic N) is 5. The molecule has 0 amide bonds. The second-order valence-corrected chi connectivity index (χ2v) is 8.73. The first-order valence-electron chi connectivity index (χ1n) is 11.0. The molecule has 30 heavy (non-hydrogen) atoms. The monoisotopic (exact) mass is 425 g/mol. The van der Waals surface area contributed by atoms with Gasteiger partial charge in [-0.15, -0.1) is 0 Å². The molecule has 2 aliphatic rings. The fourth-order valence-corrected chi connectivity index (χ4v) is 4.32. The highest BCUT2D eigenvalue weighted by atomic mass is 32.1. The largest absolute Gasteiger partial charge is 0.358 e. The van der Waals surface area contributed by atoms with Gasteiger partial charge in [0.1, 0.15) is 11.6 Å². The summed E-state index contributed by atoms with van der Waals surface area (Å²) in [6.07, 6.45) is 9.82. The molecule has 0 radical (unpaired) electrons. The zero-order chi connectivity index (χ0) is 20.8. The van der Waals surface area contributed by atoms with Gasteiger partial charge in [0.05, 0.1) is 0 Å². The van der Waals surface area contributed by atoms with Crippen LogP contribution >= 0.6 is 12.2 Å². The van der Waals surface area contributed by atoms with Crippen LogP contribution in [-0.2, 0) is 6.54 Å². The van der Waals surface area contributed by atoms with Crippen LogP contribution in [0.4, 0.5) is 17.6 Å². The summed E-state index contributed by atoms with van der Waals surface area (Å²) in [5.74, 6) is 3.24. The number of piperidine rings is 2. The molecule has 2 aromatic heterocycles. The van der Waals surface area contributed by atoms with Crippen molar-refractivity contribution in [2.75, 3.05) is 41.3 Å². The molecule has 8 heteroatoms. The molecule has 1 unspecified atom stereocenters. The van der Waals surface area contributed by atoms with Gasteiger partial charge in [-0.05, 0) is 61.9 Å². The standard InChI is InChI=1S/C22H31N7S/c1-17-7-6-12-29(16-17)20-13-19(28-10-3-2-4-11-28)25-21(26-20)27-22(30)24-15-18-8-5-9-23-14-18/h5,8-9,13-14,17H,2-4,6-7,10-12,15-16H2,1H3,(H2,24,25,26,27,30). The van der Waals surface area contributed by atoms with E-state index in [4.69, 9.17) is 22.2 Å². The van der Waals surface area contributed by atoms with Crippen molar-refractivity contribution in [1.29, 1.82) is 0 Å². The number of anilines is 3. The van der Waals surface area contributed by atoms with Crippen LogP contribution in [0, 0.1) is 5.92 Å². The Bertz CT molecular complexity index is 839. The van der Waals surface area contributed by atoms with Crippen molar-refractivity contribution in [1.82, 2.24) is 20.3 Å². The fraction of sp³-hybridized carbons (Fsp3) is 0.545. The lowest BCUT2D eigenvalue weighted by Crippen LogP contribution is -2.36. The van der Waals surface area contributed by atoms with Crippen LogP contribution < -0.4 is 20.4 Å². The lowest BCUT2D eigenvalue weighted by molar-refractivity contribution is 0.444. The third-order valence-electron chi connectivity index (χ3n) is 5.76. The topological polar surface area (TPSA) is 69.2 Å². The van der Waals surface area contributed by atoms with Gasteiger partial charge in [0.2, 0.25) is 5.95 Å². The number of hydrogen-bond acceptors (Lipinski definition) is 6. The first-order chi connectivity index (χ1) is 14.7. The Morgan fingerprint density at radius 2 is 1.87 bits per heavy atom. The predicted molar refractivity (Wildman–Crippen MR) is 126 cm³/mol. The van der Waals surface area contributed by atoms with Crippen LogP contribution in [0.1, 0.15) is 44.6 Å². The SMILES string of the molecule is CC1CCCN(c2cc(N3CCCCC3)nc(NC(=S)NCc3cccnc3)n2)C1. The Labute approximate surface area is 184 Å². The summed E-state index contributed by atoms with van der Waals surface area (Å²) in [5.41, 5.74) is 1.08. The quantitative estimate of drug-likeness (QED) is 0.705. The van der Waals surface area contributed by atoms with Gasteiger partial charge in [-0.1, -0.05) is 13.0 Å². The molecule has 160 valence electrons. The molecule has 2 aromatic rings. The van der Waals surface area contributed by atoms with E-state index in [0.717, 1.165) is 43.4 Å². The van der Waals surface area contributed by atoms with Crippen molar-refractivity contribution >= 4 is 34.9 Å². The molecule has 4 heterocycles. The van der Waals surface area contributed by atoms with Crippen molar-refractivity contribution in [2.45, 2.75) is 45.6 Å². The molecule has 0 spiro atoms. The maximum absolute atomic E-state index is 5.50. The summed E-state index contributed by atoms with van der Waals surface area (Å²) in [7, 11) is 0. The number of rotatable bonds is 5. The van der Waals surface area contributed by atoms with Crippen LogP contribution in [0.2, 0.25) is 0 Å². The lowest BCUT2D eigenvalue weighted by Gasteiger charge is -2.33. The second-order valence-electron chi connectivity index (χ2n) is 8.32. The van der Waals surface area contributed by atoms with Gasteiger partial charge in [0.15, 0.2) is 5.11 Å². The molecule has 2 aliphatic heterocycles. The van der Waals surface area contributed by atoms with E-state index in [1.54, 1.807) is 6.20 Å². The molecule has 2 N–H and O–H groups in total. The maximum atomic E-state index is 5.50. The number of thiocarbonyl (C=S) groups is 1. The van der Waals surface area contributed by atoms with Crippen molar-refractivity contribution in [3.05, 3.63) is 36.2 Å². The van der Waals surface area contributed by atoms with E-state index in [-0.39, 0.29) is 0 Å². The first-order valence-corrected chi connectivity index (χ1v) is 11.4. The van der Waals surface area contributed by atoms with Crippen LogP contribution in [0.15, 0.2) is 30.6 Å². The summed E-state index contributed by atoms with van der Waals surface area (Å²) in [6.45, 7) is 7.12. The zero-order valence-corrected chi connectivity index (χ0v) is 18.5. The number of hydrogen-bond donors (Lipinski definition) is 2. The van der Waals surface area contributed by atoms with E-state index in [0.29, 0.717) is 23.5 Å². The van der Waals surface area contributed by atoms with E-state index in [2.05, 4.69) is 38.4 Å². The summed E-state index contributed by atoms with van der Waals surface area (Å²) in [4.78, 5) is 18.5. The van der Waals surface area contributed by atoms with E-state index in [1.807, 2.05) is 18.3 Å². The average Bonchev–Trinajstić information content (AvgIpc) is 2.79. The molecule has 0 aliphatic carbocycles. The van der Waals surface area contributed by atoms with Gasteiger partial charge in [-0.3, -0.25) is 4.98 Å². The predicted octanol–water partition coefficient (Wildman–Crippen LogP) is 3.58. The van der Waals surface area contributed by atoms with Gasteiger partial charge in [0.25, 0.3) is 0 Å². The summed E-state index contributed by atoms with van der Waals surface area (Å²) >= 11 is 5.50. The van der Waals surface area contributed by atoms with E-state index in [9.17, 15) is 0 Å². The molecular weight excluding hydrogens is 394 g/mol. The third kappa shape index (κ3) is 5.56. The molecule has 0 bridgehead atoms. The molecule has 0 saturated carbocycles. The molecule has 4 rings (SSSR count). The van der Waals surface area contributed by atoms with Crippen molar-refractivity contribution < 1.29 is 0 Å². The van der Waals surface area contributed by atoms with Crippen LogP contribution in [0.3, 0.4) is 0 Å². The minimum Gasteiger partial charge on any atom is -0.358 e. The summed E-state index contributed by atoms with van der Waals surface area (Å²) < 4.78 is 0. The number of nitrogens with one attached hydrogen (secondary N) is 2. The zero-order valence-electron chi connectivity index (χ0n) is 17.7. The Morgan fingerprint density at radius 1 is 1.10 bits per heavy atom. The van der Waals surface area contributed by atoms with Crippen molar-refractivity contribution in [3.63, 3.8) is 0 Å². The molecule has 2 saturated heterocycles. The highest BCUT2D eigenvalue weighted by Gasteiger charge is 2.21. The molecule has 7 nitrogen and oxygen atoms in total. The second kappa shape index (κ2) is 10.0. The molecule has 2 fully saturated rings.